The lowest BCUT2D eigenvalue weighted by Crippen LogP contribution is -2.63. The van der Waals surface area contributed by atoms with Crippen molar-refractivity contribution >= 4 is 0 Å². The van der Waals surface area contributed by atoms with Gasteiger partial charge in [0.1, 0.15) is 5.60 Å². The summed E-state index contributed by atoms with van der Waals surface area (Å²) in [5.74, 6) is 0.458. The number of rotatable bonds is 7. The lowest BCUT2D eigenvalue weighted by molar-refractivity contribution is -0.127. The first kappa shape index (κ1) is 21.5. The van der Waals surface area contributed by atoms with Crippen molar-refractivity contribution in [3.05, 3.63) is 65.0 Å². The highest BCUT2D eigenvalue weighted by molar-refractivity contribution is 5.42. The van der Waals surface area contributed by atoms with E-state index in [0.717, 1.165) is 61.9 Å². The quantitative estimate of drug-likeness (QED) is 0.719. The zero-order valence-electron chi connectivity index (χ0n) is 18.9. The molecule has 1 aromatic carbocycles. The van der Waals surface area contributed by atoms with Gasteiger partial charge in [-0.15, -0.1) is 0 Å². The summed E-state index contributed by atoms with van der Waals surface area (Å²) in [4.78, 5) is 6.75. The topological polar surface area (TPSA) is 56.6 Å². The molecule has 1 saturated carbocycles. The minimum absolute atomic E-state index is 0.284. The molecule has 1 atom stereocenters. The van der Waals surface area contributed by atoms with E-state index in [4.69, 9.17) is 0 Å². The summed E-state index contributed by atoms with van der Waals surface area (Å²) >= 11 is 0. The standard InChI is InChI=1S/C26H36N2O2/c1-19(2)21-6-8-22(9-7-21)26(30,24(3)17-28(4)18-24)23-14-20(15-27-16-23)10-13-25(29)11-5-12-25/h6-9,14-16,19,29-30H,5,10-13,17-18H2,1-4H3/t26-/m0/s1. The van der Waals surface area contributed by atoms with Gasteiger partial charge in [-0.3, -0.25) is 4.98 Å². The van der Waals surface area contributed by atoms with E-state index in [2.05, 4.69) is 68.0 Å². The highest BCUT2D eigenvalue weighted by Gasteiger charge is 2.55. The van der Waals surface area contributed by atoms with Crippen molar-refractivity contribution in [3.63, 3.8) is 0 Å². The van der Waals surface area contributed by atoms with Crippen LogP contribution < -0.4 is 0 Å². The van der Waals surface area contributed by atoms with E-state index in [9.17, 15) is 10.2 Å². The molecular formula is C26H36N2O2. The van der Waals surface area contributed by atoms with Crippen LogP contribution in [0.5, 0.6) is 0 Å². The Morgan fingerprint density at radius 3 is 2.30 bits per heavy atom. The number of pyridine rings is 1. The first-order chi connectivity index (χ1) is 14.2. The largest absolute Gasteiger partial charge is 0.390 e. The zero-order valence-corrected chi connectivity index (χ0v) is 18.9. The predicted octanol–water partition coefficient (Wildman–Crippen LogP) is 4.24. The van der Waals surface area contributed by atoms with Gasteiger partial charge in [-0.2, -0.15) is 0 Å². The van der Waals surface area contributed by atoms with Crippen molar-refractivity contribution in [2.45, 2.75) is 70.0 Å². The third-order valence-electron chi connectivity index (χ3n) is 7.48. The van der Waals surface area contributed by atoms with Gasteiger partial charge in [0.2, 0.25) is 0 Å². The molecule has 2 N–H and O–H groups in total. The summed E-state index contributed by atoms with van der Waals surface area (Å²) in [6.07, 6.45) is 8.17. The first-order valence-electron chi connectivity index (χ1n) is 11.3. The van der Waals surface area contributed by atoms with Crippen LogP contribution in [-0.4, -0.2) is 45.8 Å². The van der Waals surface area contributed by atoms with E-state index in [1.807, 2.05) is 12.4 Å². The van der Waals surface area contributed by atoms with Gasteiger partial charge in [0.05, 0.1) is 5.60 Å². The van der Waals surface area contributed by atoms with E-state index in [1.54, 1.807) is 0 Å². The van der Waals surface area contributed by atoms with E-state index in [0.29, 0.717) is 5.92 Å². The van der Waals surface area contributed by atoms with Crippen LogP contribution in [0, 0.1) is 5.41 Å². The highest BCUT2D eigenvalue weighted by Crippen LogP contribution is 2.50. The smallest absolute Gasteiger partial charge is 0.124 e. The van der Waals surface area contributed by atoms with Gasteiger partial charge in [0, 0.05) is 36.5 Å². The fourth-order valence-electron chi connectivity index (χ4n) is 5.38. The maximum atomic E-state index is 12.3. The molecular weight excluding hydrogens is 372 g/mol. The van der Waals surface area contributed by atoms with E-state index >= 15 is 0 Å². The van der Waals surface area contributed by atoms with E-state index < -0.39 is 11.2 Å². The summed E-state index contributed by atoms with van der Waals surface area (Å²) in [6.45, 7) is 8.21. The molecule has 1 saturated heterocycles. The van der Waals surface area contributed by atoms with Crippen LogP contribution in [0.15, 0.2) is 42.7 Å². The van der Waals surface area contributed by atoms with Crippen molar-refractivity contribution in [2.75, 3.05) is 20.1 Å². The fourth-order valence-corrected chi connectivity index (χ4v) is 5.38. The third-order valence-corrected chi connectivity index (χ3v) is 7.48. The normalized spacial score (nSPS) is 22.2. The van der Waals surface area contributed by atoms with Crippen LogP contribution in [0.4, 0.5) is 0 Å². The SMILES string of the molecule is CC(C)c1ccc([C@](O)(c2cncc(CCC3(O)CCC3)c2)C2(C)CN(C)C2)cc1. The molecule has 162 valence electrons. The van der Waals surface area contributed by atoms with Gasteiger partial charge >= 0.3 is 0 Å². The molecule has 0 spiro atoms. The van der Waals surface area contributed by atoms with Crippen LogP contribution >= 0.6 is 0 Å². The lowest BCUT2D eigenvalue weighted by Gasteiger charge is -2.56. The van der Waals surface area contributed by atoms with Crippen molar-refractivity contribution < 1.29 is 10.2 Å². The summed E-state index contributed by atoms with van der Waals surface area (Å²) in [6, 6.07) is 10.6. The number of benzene rings is 1. The minimum atomic E-state index is -1.11. The second-order valence-electron chi connectivity index (χ2n) is 10.4. The molecule has 2 aromatic rings. The minimum Gasteiger partial charge on any atom is -0.390 e. The first-order valence-corrected chi connectivity index (χ1v) is 11.3. The number of nitrogens with zero attached hydrogens (tertiary/aromatic N) is 2. The summed E-state index contributed by atoms with van der Waals surface area (Å²) < 4.78 is 0. The van der Waals surface area contributed by atoms with Crippen molar-refractivity contribution in [1.82, 2.24) is 9.88 Å². The van der Waals surface area contributed by atoms with Gasteiger partial charge in [0.15, 0.2) is 0 Å². The van der Waals surface area contributed by atoms with Gasteiger partial charge in [-0.25, -0.2) is 0 Å². The Bertz CT molecular complexity index is 882. The molecule has 2 aliphatic rings. The predicted molar refractivity (Wildman–Crippen MR) is 120 cm³/mol. The Morgan fingerprint density at radius 1 is 1.10 bits per heavy atom. The Labute approximate surface area is 181 Å². The summed E-state index contributed by atoms with van der Waals surface area (Å²) in [7, 11) is 2.10. The van der Waals surface area contributed by atoms with E-state index in [-0.39, 0.29) is 5.41 Å². The Hall–Kier alpha value is -1.75. The van der Waals surface area contributed by atoms with E-state index in [1.165, 1.54) is 5.56 Å². The summed E-state index contributed by atoms with van der Waals surface area (Å²) in [5, 5.41) is 22.8. The van der Waals surface area contributed by atoms with Crippen LogP contribution in [0.25, 0.3) is 0 Å². The number of aliphatic hydroxyl groups is 2. The number of aryl methyl sites for hydroxylation is 1. The highest BCUT2D eigenvalue weighted by atomic mass is 16.3. The molecule has 4 nitrogen and oxygen atoms in total. The van der Waals surface area contributed by atoms with Crippen LogP contribution in [-0.2, 0) is 12.0 Å². The van der Waals surface area contributed by atoms with Crippen molar-refractivity contribution in [2.24, 2.45) is 5.41 Å². The molecule has 4 heteroatoms. The molecule has 2 fully saturated rings. The molecule has 0 unspecified atom stereocenters. The van der Waals surface area contributed by atoms with Crippen LogP contribution in [0.3, 0.4) is 0 Å². The Kier molecular flexibility index (Phi) is 5.54. The average molecular weight is 409 g/mol. The number of likely N-dealkylation sites (tertiary alicyclic amines) is 1. The lowest BCUT2D eigenvalue weighted by atomic mass is 9.62. The van der Waals surface area contributed by atoms with Gasteiger partial charge < -0.3 is 15.1 Å². The van der Waals surface area contributed by atoms with Crippen molar-refractivity contribution in [1.29, 1.82) is 0 Å². The maximum absolute atomic E-state index is 12.3. The molecule has 30 heavy (non-hydrogen) atoms. The van der Waals surface area contributed by atoms with Gasteiger partial charge in [-0.05, 0) is 67.8 Å². The van der Waals surface area contributed by atoms with Crippen LogP contribution in [0.2, 0.25) is 0 Å². The van der Waals surface area contributed by atoms with Gasteiger partial charge in [-0.1, -0.05) is 45.0 Å². The van der Waals surface area contributed by atoms with Crippen LogP contribution in [0.1, 0.15) is 74.6 Å². The fraction of sp³-hybridized carbons (Fsp3) is 0.577. The molecule has 1 aliphatic heterocycles. The molecule has 1 aromatic heterocycles. The Morgan fingerprint density at radius 2 is 1.77 bits per heavy atom. The molecule has 0 bridgehead atoms. The second-order valence-corrected chi connectivity index (χ2v) is 10.4. The molecule has 4 rings (SSSR count). The second kappa shape index (κ2) is 7.74. The number of hydrogen-bond acceptors (Lipinski definition) is 4. The average Bonchev–Trinajstić information content (AvgIpc) is 2.69. The van der Waals surface area contributed by atoms with Crippen molar-refractivity contribution in [3.8, 4) is 0 Å². The van der Waals surface area contributed by atoms with Gasteiger partial charge in [0.25, 0.3) is 0 Å². The summed E-state index contributed by atoms with van der Waals surface area (Å²) in [5.41, 5.74) is 2.26. The molecule has 0 radical (unpaired) electrons. The monoisotopic (exact) mass is 408 g/mol. The molecule has 0 amide bonds. The maximum Gasteiger partial charge on any atom is 0.124 e. The molecule has 1 aliphatic carbocycles. The molecule has 2 heterocycles. The zero-order chi connectivity index (χ0) is 21.6. The Balaban J connectivity index is 1.68. The third kappa shape index (κ3) is 3.70. The number of aromatic nitrogens is 1. The number of hydrogen-bond donors (Lipinski definition) is 2.